The van der Waals surface area contributed by atoms with Gasteiger partial charge in [0.25, 0.3) is 0 Å². The zero-order valence-electron chi connectivity index (χ0n) is 15.2. The lowest BCUT2D eigenvalue weighted by Crippen LogP contribution is -2.44. The summed E-state index contributed by atoms with van der Waals surface area (Å²) in [5.41, 5.74) is 2.72. The maximum atomic E-state index is 11.9. The van der Waals surface area contributed by atoms with E-state index in [1.54, 1.807) is 0 Å². The van der Waals surface area contributed by atoms with Gasteiger partial charge in [0.15, 0.2) is 0 Å². The number of carbonyl (C=O) groups is 1. The van der Waals surface area contributed by atoms with Gasteiger partial charge < -0.3 is 5.32 Å². The van der Waals surface area contributed by atoms with Gasteiger partial charge in [0, 0.05) is 12.6 Å². The Morgan fingerprint density at radius 3 is 2.05 bits per heavy atom. The van der Waals surface area contributed by atoms with Crippen LogP contribution in [0.4, 0.5) is 0 Å². The van der Waals surface area contributed by atoms with E-state index in [1.807, 2.05) is 13.8 Å². The van der Waals surface area contributed by atoms with E-state index in [-0.39, 0.29) is 23.4 Å². The maximum Gasteiger partial charge on any atom is 0.236 e. The van der Waals surface area contributed by atoms with Gasteiger partial charge >= 0.3 is 0 Å². The Balaban J connectivity index is 2.90. The van der Waals surface area contributed by atoms with E-state index >= 15 is 0 Å². The Bertz CT molecular complexity index is 471. The molecule has 0 spiro atoms. The monoisotopic (exact) mass is 304 g/mol. The third kappa shape index (κ3) is 5.13. The molecule has 3 heteroatoms. The summed E-state index contributed by atoms with van der Waals surface area (Å²) in [5.74, 6) is 0.469. The predicted molar refractivity (Wildman–Crippen MR) is 94.0 cm³/mol. The molecule has 0 heterocycles. The number of rotatable bonds is 6. The zero-order chi connectivity index (χ0) is 16.9. The molecule has 2 N–H and O–H groups in total. The smallest absolute Gasteiger partial charge is 0.236 e. The highest BCUT2D eigenvalue weighted by molar-refractivity contribution is 5.81. The second kappa shape index (κ2) is 7.77. The fourth-order valence-electron chi connectivity index (χ4n) is 2.54. The topological polar surface area (TPSA) is 41.1 Å². The molecule has 0 aromatic heterocycles. The first-order valence-corrected chi connectivity index (χ1v) is 8.31. The Morgan fingerprint density at radius 2 is 1.64 bits per heavy atom. The van der Waals surface area contributed by atoms with E-state index in [9.17, 15) is 4.79 Å². The summed E-state index contributed by atoms with van der Waals surface area (Å²) >= 11 is 0. The first kappa shape index (κ1) is 18.7. The number of amides is 1. The van der Waals surface area contributed by atoms with Crippen molar-refractivity contribution in [1.29, 1.82) is 0 Å². The van der Waals surface area contributed by atoms with Crippen LogP contribution in [0.25, 0.3) is 0 Å². The van der Waals surface area contributed by atoms with E-state index in [4.69, 9.17) is 0 Å². The number of likely N-dealkylation sites (N-methyl/N-ethyl adjacent to an activating group) is 1. The summed E-state index contributed by atoms with van der Waals surface area (Å²) in [6.07, 6.45) is 0. The molecule has 0 saturated heterocycles. The summed E-state index contributed by atoms with van der Waals surface area (Å²) in [7, 11) is 0. The van der Waals surface area contributed by atoms with Crippen LogP contribution in [0.5, 0.6) is 0 Å². The molecule has 0 aliphatic rings. The van der Waals surface area contributed by atoms with E-state index in [0.29, 0.717) is 12.5 Å². The third-order valence-electron chi connectivity index (χ3n) is 3.98. The molecule has 0 radical (unpaired) electrons. The van der Waals surface area contributed by atoms with Crippen molar-refractivity contribution in [3.05, 3.63) is 35.4 Å². The second-order valence-electron chi connectivity index (χ2n) is 7.38. The molecule has 0 fully saturated rings. The maximum absolute atomic E-state index is 11.9. The average Bonchev–Trinajstić information content (AvgIpc) is 2.43. The first-order valence-electron chi connectivity index (χ1n) is 8.31. The summed E-state index contributed by atoms with van der Waals surface area (Å²) in [4.78, 5) is 11.9. The first-order chi connectivity index (χ1) is 10.2. The molecule has 0 unspecified atom stereocenters. The number of hydrogen-bond acceptors (Lipinski definition) is 2. The Kier molecular flexibility index (Phi) is 6.61. The van der Waals surface area contributed by atoms with Gasteiger partial charge in [-0.2, -0.15) is 0 Å². The number of carbonyl (C=O) groups excluding carboxylic acids is 1. The van der Waals surface area contributed by atoms with Gasteiger partial charge in [-0.05, 0) is 36.3 Å². The fourth-order valence-corrected chi connectivity index (χ4v) is 2.54. The van der Waals surface area contributed by atoms with Crippen molar-refractivity contribution < 1.29 is 4.79 Å². The normalized spacial score (nSPS) is 14.7. The predicted octanol–water partition coefficient (Wildman–Crippen LogP) is 3.80. The SMILES string of the molecule is CCNC(=O)[C@@H](C)N[C@H](c1ccc(C(C)(C)C)cc1)C(C)C. The number of benzene rings is 1. The molecule has 1 rings (SSSR count). The molecule has 1 aromatic rings. The van der Waals surface area contributed by atoms with Crippen LogP contribution in [-0.2, 0) is 10.2 Å². The highest BCUT2D eigenvalue weighted by Gasteiger charge is 2.22. The molecule has 0 aliphatic carbocycles. The van der Waals surface area contributed by atoms with E-state index in [2.05, 4.69) is 69.5 Å². The quantitative estimate of drug-likeness (QED) is 0.839. The van der Waals surface area contributed by atoms with Crippen LogP contribution >= 0.6 is 0 Å². The van der Waals surface area contributed by atoms with Crippen molar-refractivity contribution in [3.63, 3.8) is 0 Å². The van der Waals surface area contributed by atoms with E-state index < -0.39 is 0 Å². The van der Waals surface area contributed by atoms with E-state index in [0.717, 1.165) is 0 Å². The van der Waals surface area contributed by atoms with Gasteiger partial charge in [-0.25, -0.2) is 0 Å². The molecule has 2 atom stereocenters. The minimum absolute atomic E-state index is 0.0551. The lowest BCUT2D eigenvalue weighted by Gasteiger charge is -2.27. The van der Waals surface area contributed by atoms with Crippen LogP contribution in [0.3, 0.4) is 0 Å². The molecule has 0 bridgehead atoms. The van der Waals surface area contributed by atoms with Crippen LogP contribution in [-0.4, -0.2) is 18.5 Å². The minimum atomic E-state index is -0.199. The molecule has 0 aliphatic heterocycles. The van der Waals surface area contributed by atoms with Gasteiger partial charge in [-0.15, -0.1) is 0 Å². The zero-order valence-corrected chi connectivity index (χ0v) is 15.2. The van der Waals surface area contributed by atoms with Crippen molar-refractivity contribution >= 4 is 5.91 Å². The summed E-state index contributed by atoms with van der Waals surface area (Å²) in [6, 6.07) is 8.74. The largest absolute Gasteiger partial charge is 0.355 e. The molecule has 124 valence electrons. The van der Waals surface area contributed by atoms with E-state index in [1.165, 1.54) is 11.1 Å². The minimum Gasteiger partial charge on any atom is -0.355 e. The van der Waals surface area contributed by atoms with Crippen molar-refractivity contribution in [2.45, 2.75) is 66.0 Å². The summed E-state index contributed by atoms with van der Waals surface area (Å²) in [6.45, 7) is 15.5. The summed E-state index contributed by atoms with van der Waals surface area (Å²) < 4.78 is 0. The Labute approximate surface area is 135 Å². The molecule has 22 heavy (non-hydrogen) atoms. The molecule has 3 nitrogen and oxygen atoms in total. The van der Waals surface area contributed by atoms with Crippen LogP contribution in [0.1, 0.15) is 65.6 Å². The van der Waals surface area contributed by atoms with Gasteiger partial charge in [0.2, 0.25) is 5.91 Å². The van der Waals surface area contributed by atoms with Gasteiger partial charge in [-0.1, -0.05) is 58.9 Å². The Hall–Kier alpha value is -1.35. The molecular weight excluding hydrogens is 272 g/mol. The summed E-state index contributed by atoms with van der Waals surface area (Å²) in [5, 5.41) is 6.33. The fraction of sp³-hybridized carbons (Fsp3) is 0.632. The van der Waals surface area contributed by atoms with Gasteiger partial charge in [0.1, 0.15) is 0 Å². The molecule has 1 amide bonds. The van der Waals surface area contributed by atoms with Gasteiger partial charge in [-0.3, -0.25) is 10.1 Å². The lowest BCUT2D eigenvalue weighted by molar-refractivity contribution is -0.122. The molecular formula is C19H32N2O. The van der Waals surface area contributed by atoms with Crippen molar-refractivity contribution in [1.82, 2.24) is 10.6 Å². The van der Waals surface area contributed by atoms with Crippen LogP contribution in [0.2, 0.25) is 0 Å². The van der Waals surface area contributed by atoms with Crippen LogP contribution < -0.4 is 10.6 Å². The van der Waals surface area contributed by atoms with Crippen molar-refractivity contribution in [2.24, 2.45) is 5.92 Å². The van der Waals surface area contributed by atoms with Crippen molar-refractivity contribution in [2.75, 3.05) is 6.54 Å². The van der Waals surface area contributed by atoms with Crippen LogP contribution in [0, 0.1) is 5.92 Å². The van der Waals surface area contributed by atoms with Crippen molar-refractivity contribution in [3.8, 4) is 0 Å². The Morgan fingerprint density at radius 1 is 1.09 bits per heavy atom. The molecule has 1 aromatic carbocycles. The standard InChI is InChI=1S/C19H32N2O/c1-8-20-18(22)14(4)21-17(13(2)3)15-9-11-16(12-10-15)19(5,6)7/h9-14,17,21H,8H2,1-7H3,(H,20,22)/t14-,17+/m1/s1. The highest BCUT2D eigenvalue weighted by atomic mass is 16.2. The average molecular weight is 304 g/mol. The van der Waals surface area contributed by atoms with Gasteiger partial charge in [0.05, 0.1) is 6.04 Å². The number of hydrogen-bond donors (Lipinski definition) is 2. The lowest BCUT2D eigenvalue weighted by atomic mass is 9.85. The number of nitrogens with one attached hydrogen (secondary N) is 2. The molecule has 0 saturated carbocycles. The highest BCUT2D eigenvalue weighted by Crippen LogP contribution is 2.27. The second-order valence-corrected chi connectivity index (χ2v) is 7.38. The van der Waals surface area contributed by atoms with Crippen LogP contribution in [0.15, 0.2) is 24.3 Å². The third-order valence-corrected chi connectivity index (χ3v) is 3.98.